The van der Waals surface area contributed by atoms with Crippen LogP contribution in [-0.2, 0) is 19.5 Å². The first-order valence-electron chi connectivity index (χ1n) is 7.24. The molecular weight excluding hydrogens is 266 g/mol. The zero-order chi connectivity index (χ0) is 13.9. The molecule has 1 atom stereocenters. The third-order valence-electron chi connectivity index (χ3n) is 3.86. The summed E-state index contributed by atoms with van der Waals surface area (Å²) in [7, 11) is 0. The molecule has 106 valence electrons. The van der Waals surface area contributed by atoms with Crippen LogP contribution in [0.1, 0.15) is 23.7 Å². The predicted octanol–water partition coefficient (Wildman–Crippen LogP) is 3.02. The van der Waals surface area contributed by atoms with Gasteiger partial charge in [0, 0.05) is 27.9 Å². The van der Waals surface area contributed by atoms with Crippen LogP contribution >= 0.6 is 11.8 Å². The van der Waals surface area contributed by atoms with Crippen molar-refractivity contribution in [1.82, 2.24) is 15.1 Å². The van der Waals surface area contributed by atoms with Gasteiger partial charge in [-0.05, 0) is 31.5 Å². The van der Waals surface area contributed by atoms with E-state index in [1.54, 1.807) is 0 Å². The summed E-state index contributed by atoms with van der Waals surface area (Å²) in [6, 6.07) is 8.73. The first-order chi connectivity index (χ1) is 9.78. The van der Waals surface area contributed by atoms with Gasteiger partial charge >= 0.3 is 0 Å². The number of fused-ring (bicyclic) bond motifs is 1. The fourth-order valence-electron chi connectivity index (χ4n) is 2.65. The van der Waals surface area contributed by atoms with Gasteiger partial charge in [0.15, 0.2) is 0 Å². The molecule has 0 saturated heterocycles. The minimum absolute atomic E-state index is 0.609. The van der Waals surface area contributed by atoms with E-state index in [9.17, 15) is 0 Å². The molecule has 0 spiro atoms. The van der Waals surface area contributed by atoms with Gasteiger partial charge in [-0.15, -0.1) is 11.8 Å². The van der Waals surface area contributed by atoms with Gasteiger partial charge in [0.05, 0.1) is 12.7 Å². The summed E-state index contributed by atoms with van der Waals surface area (Å²) in [6.07, 6.45) is 3.16. The second-order valence-electron chi connectivity index (χ2n) is 5.27. The highest BCUT2D eigenvalue weighted by atomic mass is 32.2. The van der Waals surface area contributed by atoms with E-state index in [1.807, 2.05) is 18.0 Å². The number of nitrogens with one attached hydrogen (secondary N) is 1. The Labute approximate surface area is 124 Å². The lowest BCUT2D eigenvalue weighted by Crippen LogP contribution is -2.16. The molecule has 2 aromatic rings. The third kappa shape index (κ3) is 2.76. The summed E-state index contributed by atoms with van der Waals surface area (Å²) in [6.45, 7) is 7.22. The van der Waals surface area contributed by atoms with Crippen LogP contribution in [0.3, 0.4) is 0 Å². The number of nitrogens with zero attached hydrogens (tertiary/aromatic N) is 2. The van der Waals surface area contributed by atoms with E-state index >= 15 is 0 Å². The number of benzene rings is 1. The molecule has 1 aromatic heterocycles. The van der Waals surface area contributed by atoms with E-state index in [2.05, 4.69) is 53.2 Å². The molecule has 0 saturated carbocycles. The van der Waals surface area contributed by atoms with E-state index in [0.29, 0.717) is 5.25 Å². The Hall–Kier alpha value is -1.26. The maximum absolute atomic E-state index is 4.56. The van der Waals surface area contributed by atoms with Crippen LogP contribution in [-0.4, -0.2) is 21.6 Å². The number of hydrogen-bond acceptors (Lipinski definition) is 3. The number of rotatable bonds is 5. The van der Waals surface area contributed by atoms with Gasteiger partial charge in [0.1, 0.15) is 0 Å². The van der Waals surface area contributed by atoms with Crippen molar-refractivity contribution in [1.29, 1.82) is 0 Å². The van der Waals surface area contributed by atoms with Gasteiger partial charge in [0.25, 0.3) is 0 Å². The Kier molecular flexibility index (Phi) is 4.13. The minimum Gasteiger partial charge on any atom is -0.313 e. The van der Waals surface area contributed by atoms with Gasteiger partial charge < -0.3 is 5.32 Å². The fraction of sp³-hybridized carbons (Fsp3) is 0.438. The zero-order valence-corrected chi connectivity index (χ0v) is 12.9. The molecule has 0 amide bonds. The molecule has 1 aliphatic rings. The molecule has 3 nitrogen and oxygen atoms in total. The van der Waals surface area contributed by atoms with Gasteiger partial charge in [-0.3, -0.25) is 4.68 Å². The Bertz CT molecular complexity index is 566. The maximum atomic E-state index is 4.56. The highest BCUT2D eigenvalue weighted by Gasteiger charge is 2.23. The van der Waals surface area contributed by atoms with Crippen LogP contribution in [0.15, 0.2) is 35.4 Å². The first-order valence-corrected chi connectivity index (χ1v) is 8.12. The Morgan fingerprint density at radius 2 is 2.25 bits per heavy atom. The summed E-state index contributed by atoms with van der Waals surface area (Å²) >= 11 is 1.99. The average molecular weight is 287 g/mol. The van der Waals surface area contributed by atoms with Crippen LogP contribution in [0, 0.1) is 6.92 Å². The lowest BCUT2D eigenvalue weighted by atomic mass is 10.1. The molecule has 4 heteroatoms. The zero-order valence-electron chi connectivity index (χ0n) is 12.1. The quantitative estimate of drug-likeness (QED) is 0.917. The normalized spacial score (nSPS) is 17.4. The van der Waals surface area contributed by atoms with E-state index in [0.717, 1.165) is 26.1 Å². The molecule has 1 unspecified atom stereocenters. The fourth-order valence-corrected chi connectivity index (χ4v) is 3.95. The standard InChI is InChI=1S/C16H21N3S/c1-3-17-9-14-10-18-19(12(14)2)11-15-8-13-6-4-5-7-16(13)20-15/h4-7,10,15,17H,3,8-9,11H2,1-2H3. The molecule has 0 radical (unpaired) electrons. The second kappa shape index (κ2) is 6.02. The summed E-state index contributed by atoms with van der Waals surface area (Å²) < 4.78 is 2.16. The summed E-state index contributed by atoms with van der Waals surface area (Å²) in [5, 5.41) is 8.54. The third-order valence-corrected chi connectivity index (χ3v) is 5.16. The van der Waals surface area contributed by atoms with Crippen molar-refractivity contribution in [2.45, 2.75) is 43.5 Å². The molecule has 1 N–H and O–H groups in total. The molecule has 1 aliphatic heterocycles. The number of hydrogen-bond donors (Lipinski definition) is 1. The summed E-state index contributed by atoms with van der Waals surface area (Å²) in [5.41, 5.74) is 4.09. The Balaban J connectivity index is 1.66. The smallest absolute Gasteiger partial charge is 0.0538 e. The lowest BCUT2D eigenvalue weighted by Gasteiger charge is -2.11. The molecule has 0 fully saturated rings. The summed E-state index contributed by atoms with van der Waals surface area (Å²) in [5.74, 6) is 0. The van der Waals surface area contributed by atoms with Gasteiger partial charge in [-0.2, -0.15) is 5.10 Å². The molecule has 20 heavy (non-hydrogen) atoms. The first kappa shape index (κ1) is 13.7. The van der Waals surface area contributed by atoms with Crippen LogP contribution in [0.2, 0.25) is 0 Å². The van der Waals surface area contributed by atoms with Crippen molar-refractivity contribution in [3.05, 3.63) is 47.3 Å². The SMILES string of the molecule is CCNCc1cnn(CC2Cc3ccccc3S2)c1C. The van der Waals surface area contributed by atoms with Crippen molar-refractivity contribution < 1.29 is 0 Å². The van der Waals surface area contributed by atoms with Crippen molar-refractivity contribution in [2.24, 2.45) is 0 Å². The second-order valence-corrected chi connectivity index (χ2v) is 6.61. The largest absolute Gasteiger partial charge is 0.313 e. The van der Waals surface area contributed by atoms with E-state index in [1.165, 1.54) is 21.7 Å². The summed E-state index contributed by atoms with van der Waals surface area (Å²) in [4.78, 5) is 1.44. The number of thioether (sulfide) groups is 1. The molecular formula is C16H21N3S. The Morgan fingerprint density at radius 1 is 1.40 bits per heavy atom. The van der Waals surface area contributed by atoms with Crippen molar-refractivity contribution in [3.8, 4) is 0 Å². The Morgan fingerprint density at radius 3 is 3.05 bits per heavy atom. The van der Waals surface area contributed by atoms with Crippen molar-refractivity contribution in [2.75, 3.05) is 6.54 Å². The van der Waals surface area contributed by atoms with Crippen LogP contribution in [0.4, 0.5) is 0 Å². The minimum atomic E-state index is 0.609. The predicted molar refractivity (Wildman–Crippen MR) is 84.1 cm³/mol. The van der Waals surface area contributed by atoms with Crippen LogP contribution in [0.25, 0.3) is 0 Å². The van der Waals surface area contributed by atoms with Gasteiger partial charge in [-0.25, -0.2) is 0 Å². The van der Waals surface area contributed by atoms with Crippen molar-refractivity contribution in [3.63, 3.8) is 0 Å². The monoisotopic (exact) mass is 287 g/mol. The molecule has 1 aromatic carbocycles. The van der Waals surface area contributed by atoms with Crippen LogP contribution < -0.4 is 5.32 Å². The molecule has 2 heterocycles. The molecule has 0 bridgehead atoms. The van der Waals surface area contributed by atoms with Crippen molar-refractivity contribution >= 4 is 11.8 Å². The highest BCUT2D eigenvalue weighted by Crippen LogP contribution is 2.37. The highest BCUT2D eigenvalue weighted by molar-refractivity contribution is 8.00. The van der Waals surface area contributed by atoms with E-state index in [-0.39, 0.29) is 0 Å². The van der Waals surface area contributed by atoms with E-state index < -0.39 is 0 Å². The lowest BCUT2D eigenvalue weighted by molar-refractivity contribution is 0.578. The molecule has 0 aliphatic carbocycles. The average Bonchev–Trinajstić information content (AvgIpc) is 3.01. The van der Waals surface area contributed by atoms with Gasteiger partial charge in [0.2, 0.25) is 0 Å². The topological polar surface area (TPSA) is 29.9 Å². The van der Waals surface area contributed by atoms with Gasteiger partial charge in [-0.1, -0.05) is 25.1 Å². The molecule has 3 rings (SSSR count). The maximum Gasteiger partial charge on any atom is 0.0538 e. The number of aromatic nitrogens is 2. The van der Waals surface area contributed by atoms with Crippen LogP contribution in [0.5, 0.6) is 0 Å². The van der Waals surface area contributed by atoms with E-state index in [4.69, 9.17) is 0 Å².